The fraction of sp³-hybridized carbons (Fsp3) is 0.276. The van der Waals surface area contributed by atoms with Gasteiger partial charge in [0.15, 0.2) is 0 Å². The number of methoxy groups -OCH3 is 1. The van der Waals surface area contributed by atoms with E-state index in [-0.39, 0.29) is 17.9 Å². The molecular formula is C29H28FN3O3. The van der Waals surface area contributed by atoms with E-state index in [0.717, 1.165) is 48.1 Å². The van der Waals surface area contributed by atoms with E-state index in [9.17, 15) is 4.79 Å². The molecule has 0 amide bonds. The van der Waals surface area contributed by atoms with Crippen LogP contribution in [-0.4, -0.2) is 34.1 Å². The second-order valence-electron chi connectivity index (χ2n) is 9.13. The molecule has 0 bridgehead atoms. The summed E-state index contributed by atoms with van der Waals surface area (Å²) < 4.78 is 25.8. The van der Waals surface area contributed by atoms with Crippen LogP contribution in [0.3, 0.4) is 0 Å². The summed E-state index contributed by atoms with van der Waals surface area (Å²) in [6.45, 7) is 0. The van der Waals surface area contributed by atoms with Crippen LogP contribution in [-0.2, 0) is 9.53 Å². The van der Waals surface area contributed by atoms with Gasteiger partial charge in [0, 0.05) is 24.2 Å². The number of carbonyl (C=O) groups is 1. The number of hydrogen-bond donors (Lipinski definition) is 1. The van der Waals surface area contributed by atoms with Crippen LogP contribution in [0.25, 0.3) is 33.8 Å². The molecule has 1 aliphatic rings. The number of pyridine rings is 1. The molecule has 7 heteroatoms. The Kier molecular flexibility index (Phi) is 7.07. The van der Waals surface area contributed by atoms with Crippen LogP contribution >= 0.6 is 0 Å². The molecule has 0 aliphatic heterocycles. The van der Waals surface area contributed by atoms with Gasteiger partial charge in [-0.2, -0.15) is 0 Å². The number of esters is 1. The van der Waals surface area contributed by atoms with Crippen LogP contribution in [0, 0.1) is 11.7 Å². The Balaban J connectivity index is 1.22. The molecule has 1 aliphatic carbocycles. The lowest BCUT2D eigenvalue weighted by Crippen LogP contribution is -2.25. The quantitative estimate of drug-likeness (QED) is 0.305. The Morgan fingerprint density at radius 3 is 2.42 bits per heavy atom. The molecule has 184 valence electrons. The van der Waals surface area contributed by atoms with E-state index >= 15 is 4.39 Å². The van der Waals surface area contributed by atoms with E-state index in [2.05, 4.69) is 15.0 Å². The minimum atomic E-state index is -0.356. The molecule has 0 radical (unpaired) electrons. The standard InChI is InChI=1S/C29H28FN3O3/c1-35-28(34)15-19-7-11-23(12-8-19)36-27-14-10-22(17-31-27)21-9-13-24(25(30)16-21)29-32-18-26(33-29)20-5-3-2-4-6-20/h2-6,9-10,13-14,16-19,23H,7-8,11-12,15H2,1H3,(H,32,33)/t19-,23-. The van der Waals surface area contributed by atoms with Crippen molar-refractivity contribution in [1.29, 1.82) is 0 Å². The highest BCUT2D eigenvalue weighted by molar-refractivity contribution is 5.70. The maximum absolute atomic E-state index is 15.0. The SMILES string of the molecule is COC(=O)C[C@H]1CC[C@H](Oc2ccc(-c3ccc(-c4ncc(-c5ccccc5)[nH]4)c(F)c3)cn2)CC1. The Labute approximate surface area is 209 Å². The molecule has 1 N–H and O–H groups in total. The maximum Gasteiger partial charge on any atom is 0.305 e. The molecule has 4 aromatic rings. The molecule has 2 aromatic heterocycles. The number of aromatic nitrogens is 3. The van der Waals surface area contributed by atoms with Crippen molar-refractivity contribution in [2.24, 2.45) is 5.92 Å². The molecule has 1 saturated carbocycles. The summed E-state index contributed by atoms with van der Waals surface area (Å²) in [5.41, 5.74) is 3.78. The molecule has 0 unspecified atom stereocenters. The fourth-order valence-electron chi connectivity index (χ4n) is 4.67. The van der Waals surface area contributed by atoms with Gasteiger partial charge in [-0.05, 0) is 60.9 Å². The van der Waals surface area contributed by atoms with Crippen molar-refractivity contribution in [3.63, 3.8) is 0 Å². The number of rotatable bonds is 7. The van der Waals surface area contributed by atoms with E-state index in [1.165, 1.54) is 13.2 Å². The first-order chi connectivity index (χ1) is 17.6. The molecular weight excluding hydrogens is 457 g/mol. The second kappa shape index (κ2) is 10.7. The van der Waals surface area contributed by atoms with Crippen molar-refractivity contribution < 1.29 is 18.7 Å². The Morgan fingerprint density at radius 2 is 1.72 bits per heavy atom. The van der Waals surface area contributed by atoms with Gasteiger partial charge in [0.25, 0.3) is 0 Å². The van der Waals surface area contributed by atoms with Gasteiger partial charge in [-0.25, -0.2) is 14.4 Å². The molecule has 0 atom stereocenters. The average molecular weight is 486 g/mol. The van der Waals surface area contributed by atoms with Gasteiger partial charge in [-0.1, -0.05) is 36.4 Å². The summed E-state index contributed by atoms with van der Waals surface area (Å²) in [5.74, 6) is 0.890. The van der Waals surface area contributed by atoms with Gasteiger partial charge in [0.2, 0.25) is 5.88 Å². The molecule has 0 spiro atoms. The van der Waals surface area contributed by atoms with Crippen molar-refractivity contribution in [2.45, 2.75) is 38.2 Å². The third-order valence-electron chi connectivity index (χ3n) is 6.72. The Hall–Kier alpha value is -4.00. The van der Waals surface area contributed by atoms with Gasteiger partial charge in [0.1, 0.15) is 17.7 Å². The van der Waals surface area contributed by atoms with E-state index in [0.29, 0.717) is 29.6 Å². The maximum atomic E-state index is 15.0. The van der Waals surface area contributed by atoms with Crippen molar-refractivity contribution >= 4 is 5.97 Å². The number of carbonyl (C=O) groups excluding carboxylic acids is 1. The minimum Gasteiger partial charge on any atom is -0.474 e. The number of ether oxygens (including phenoxy) is 2. The zero-order valence-electron chi connectivity index (χ0n) is 20.1. The number of halogens is 1. The zero-order chi connectivity index (χ0) is 24.9. The first kappa shape index (κ1) is 23.7. The molecule has 5 rings (SSSR count). The molecule has 2 heterocycles. The Bertz CT molecular complexity index is 1310. The summed E-state index contributed by atoms with van der Waals surface area (Å²) in [5, 5.41) is 0. The number of hydrogen-bond acceptors (Lipinski definition) is 5. The molecule has 1 fully saturated rings. The first-order valence-electron chi connectivity index (χ1n) is 12.2. The van der Waals surface area contributed by atoms with Gasteiger partial charge in [-0.15, -0.1) is 0 Å². The lowest BCUT2D eigenvalue weighted by molar-refractivity contribution is -0.142. The van der Waals surface area contributed by atoms with Crippen LogP contribution < -0.4 is 4.74 Å². The Morgan fingerprint density at radius 1 is 0.944 bits per heavy atom. The highest BCUT2D eigenvalue weighted by Gasteiger charge is 2.24. The summed E-state index contributed by atoms with van der Waals surface area (Å²) in [4.78, 5) is 23.5. The smallest absolute Gasteiger partial charge is 0.305 e. The van der Waals surface area contributed by atoms with E-state index < -0.39 is 0 Å². The van der Waals surface area contributed by atoms with Crippen molar-refractivity contribution in [2.75, 3.05) is 7.11 Å². The van der Waals surface area contributed by atoms with Gasteiger partial charge in [0.05, 0.1) is 24.6 Å². The largest absolute Gasteiger partial charge is 0.474 e. The summed E-state index contributed by atoms with van der Waals surface area (Å²) in [7, 11) is 1.43. The monoisotopic (exact) mass is 485 g/mol. The lowest BCUT2D eigenvalue weighted by Gasteiger charge is -2.28. The fourth-order valence-corrected chi connectivity index (χ4v) is 4.67. The van der Waals surface area contributed by atoms with Crippen LogP contribution in [0.4, 0.5) is 4.39 Å². The first-order valence-corrected chi connectivity index (χ1v) is 12.2. The van der Waals surface area contributed by atoms with Crippen molar-refractivity contribution in [1.82, 2.24) is 15.0 Å². The summed E-state index contributed by atoms with van der Waals surface area (Å²) in [6.07, 6.45) is 7.62. The highest BCUT2D eigenvalue weighted by Crippen LogP contribution is 2.31. The highest BCUT2D eigenvalue weighted by atomic mass is 19.1. The molecule has 36 heavy (non-hydrogen) atoms. The third kappa shape index (κ3) is 5.46. The van der Waals surface area contributed by atoms with Gasteiger partial charge >= 0.3 is 5.97 Å². The average Bonchev–Trinajstić information content (AvgIpc) is 3.41. The number of imidazole rings is 1. The predicted molar refractivity (Wildman–Crippen MR) is 136 cm³/mol. The van der Waals surface area contributed by atoms with Crippen LogP contribution in [0.5, 0.6) is 5.88 Å². The van der Waals surface area contributed by atoms with Crippen LogP contribution in [0.1, 0.15) is 32.1 Å². The van der Waals surface area contributed by atoms with E-state index in [1.807, 2.05) is 48.5 Å². The number of nitrogens with zero attached hydrogens (tertiary/aromatic N) is 2. The zero-order valence-corrected chi connectivity index (χ0v) is 20.1. The van der Waals surface area contributed by atoms with Crippen LogP contribution in [0.2, 0.25) is 0 Å². The van der Waals surface area contributed by atoms with E-state index in [4.69, 9.17) is 9.47 Å². The number of H-pyrrole nitrogens is 1. The number of benzene rings is 2. The van der Waals surface area contributed by atoms with Gasteiger partial charge in [-0.3, -0.25) is 4.79 Å². The second-order valence-corrected chi connectivity index (χ2v) is 9.13. The molecule has 6 nitrogen and oxygen atoms in total. The predicted octanol–water partition coefficient (Wildman–Crippen LogP) is 6.45. The third-order valence-corrected chi connectivity index (χ3v) is 6.72. The topological polar surface area (TPSA) is 77.1 Å². The van der Waals surface area contributed by atoms with Crippen molar-refractivity contribution in [3.8, 4) is 39.7 Å². The number of aromatic amines is 1. The molecule has 0 saturated heterocycles. The lowest BCUT2D eigenvalue weighted by atomic mass is 9.85. The van der Waals surface area contributed by atoms with Crippen molar-refractivity contribution in [3.05, 3.63) is 78.9 Å². The summed E-state index contributed by atoms with van der Waals surface area (Å²) in [6, 6.07) is 18.6. The summed E-state index contributed by atoms with van der Waals surface area (Å²) >= 11 is 0. The van der Waals surface area contributed by atoms with Gasteiger partial charge < -0.3 is 14.5 Å². The van der Waals surface area contributed by atoms with E-state index in [1.54, 1.807) is 18.5 Å². The minimum absolute atomic E-state index is 0.0862. The molecule has 2 aromatic carbocycles. The van der Waals surface area contributed by atoms with Crippen LogP contribution in [0.15, 0.2) is 73.1 Å². The number of nitrogens with one attached hydrogen (secondary N) is 1. The normalized spacial score (nSPS) is 17.5.